The molecule has 2 aliphatic heterocycles. The van der Waals surface area contributed by atoms with Gasteiger partial charge in [-0.05, 0) is 29.6 Å². The average molecular weight is 340 g/mol. The smallest absolute Gasteiger partial charge is 0.120 e. The monoisotopic (exact) mass is 340 g/mol. The molecule has 24 heavy (non-hydrogen) atoms. The van der Waals surface area contributed by atoms with Crippen LogP contribution in [0.15, 0.2) is 41.8 Å². The highest BCUT2D eigenvalue weighted by Crippen LogP contribution is 2.35. The molecule has 124 valence electrons. The lowest BCUT2D eigenvalue weighted by molar-refractivity contribution is 0.0899. The molecule has 3 heterocycles. The zero-order chi connectivity index (χ0) is 16.4. The molecule has 0 N–H and O–H groups in total. The maximum atomic E-state index is 8.97. The summed E-state index contributed by atoms with van der Waals surface area (Å²) < 4.78 is 11.9. The summed E-state index contributed by atoms with van der Waals surface area (Å²) in [7, 11) is 0. The minimum Gasteiger partial charge on any atom is -0.493 e. The van der Waals surface area contributed by atoms with E-state index in [9.17, 15) is 0 Å². The van der Waals surface area contributed by atoms with E-state index >= 15 is 0 Å². The number of fused-ring (bicyclic) bond motifs is 1. The predicted octanol–water partition coefficient (Wildman–Crippen LogP) is 3.15. The molecule has 4 nitrogen and oxygen atoms in total. The first-order chi connectivity index (χ1) is 11.8. The molecule has 4 rings (SSSR count). The Kier molecular flexibility index (Phi) is 4.52. The fourth-order valence-corrected chi connectivity index (χ4v) is 4.41. The number of thiophene rings is 1. The van der Waals surface area contributed by atoms with Gasteiger partial charge in [-0.15, -0.1) is 11.3 Å². The van der Waals surface area contributed by atoms with Gasteiger partial charge < -0.3 is 9.47 Å². The van der Waals surface area contributed by atoms with Crippen LogP contribution >= 0.6 is 11.3 Å². The number of rotatable bonds is 5. The van der Waals surface area contributed by atoms with Gasteiger partial charge in [0.25, 0.3) is 0 Å². The van der Waals surface area contributed by atoms with Gasteiger partial charge in [0.1, 0.15) is 5.75 Å². The number of nitriles is 1. The molecule has 0 saturated carbocycles. The normalized spacial score (nSPS) is 26.2. The van der Waals surface area contributed by atoms with E-state index in [1.807, 2.05) is 23.5 Å². The largest absolute Gasteiger partial charge is 0.493 e. The van der Waals surface area contributed by atoms with Crippen molar-refractivity contribution in [2.75, 3.05) is 26.3 Å². The topological polar surface area (TPSA) is 45.5 Å². The summed E-state index contributed by atoms with van der Waals surface area (Å²) in [6, 6.07) is 13.8. The Hall–Kier alpha value is -1.87. The molecule has 0 radical (unpaired) electrons. The minimum atomic E-state index is 0.337. The van der Waals surface area contributed by atoms with Crippen LogP contribution in [0.3, 0.4) is 0 Å². The van der Waals surface area contributed by atoms with Gasteiger partial charge in [-0.2, -0.15) is 5.26 Å². The lowest BCUT2D eigenvalue weighted by Gasteiger charge is -2.19. The molecule has 0 bridgehead atoms. The van der Waals surface area contributed by atoms with E-state index in [1.165, 1.54) is 4.88 Å². The standard InChI is InChI=1S/C19H20N2O2S/c20-8-14-3-1-4-16(7-14)22-12-15-13-23-19-11-21(10-18(15)19)9-17-5-2-6-24-17/h1-7,15,18-19H,9-13H2/t15-,18+,19+/m0/s1. The lowest BCUT2D eigenvalue weighted by atomic mass is 9.94. The Balaban J connectivity index is 1.33. The highest BCUT2D eigenvalue weighted by atomic mass is 32.1. The van der Waals surface area contributed by atoms with Gasteiger partial charge in [0.2, 0.25) is 0 Å². The third-order valence-electron chi connectivity index (χ3n) is 4.90. The van der Waals surface area contributed by atoms with Crippen molar-refractivity contribution in [3.05, 3.63) is 52.2 Å². The van der Waals surface area contributed by atoms with E-state index in [1.54, 1.807) is 12.1 Å². The second-order valence-corrected chi connectivity index (χ2v) is 7.55. The van der Waals surface area contributed by atoms with Gasteiger partial charge in [0.05, 0.1) is 31.0 Å². The van der Waals surface area contributed by atoms with Crippen LogP contribution in [0, 0.1) is 23.2 Å². The Morgan fingerprint density at radius 1 is 1.29 bits per heavy atom. The number of hydrogen-bond donors (Lipinski definition) is 0. The molecular formula is C19H20N2O2S. The molecule has 5 heteroatoms. The third kappa shape index (κ3) is 3.32. The molecule has 1 aromatic carbocycles. The van der Waals surface area contributed by atoms with E-state index < -0.39 is 0 Å². The van der Waals surface area contributed by atoms with Crippen LogP contribution in [-0.4, -0.2) is 37.3 Å². The van der Waals surface area contributed by atoms with E-state index in [4.69, 9.17) is 14.7 Å². The first-order valence-corrected chi connectivity index (χ1v) is 9.19. The average Bonchev–Trinajstić information content (AvgIpc) is 3.32. The summed E-state index contributed by atoms with van der Waals surface area (Å²) in [6.07, 6.45) is 0.337. The fourth-order valence-electron chi connectivity index (χ4n) is 3.66. The molecular weight excluding hydrogens is 320 g/mol. The predicted molar refractivity (Wildman–Crippen MR) is 93.0 cm³/mol. The lowest BCUT2D eigenvalue weighted by Crippen LogP contribution is -2.26. The zero-order valence-corrected chi connectivity index (χ0v) is 14.2. The van der Waals surface area contributed by atoms with Gasteiger partial charge in [-0.1, -0.05) is 12.1 Å². The third-order valence-corrected chi connectivity index (χ3v) is 5.76. The Morgan fingerprint density at radius 3 is 3.08 bits per heavy atom. The summed E-state index contributed by atoms with van der Waals surface area (Å²) in [5.74, 6) is 1.74. The molecule has 2 saturated heterocycles. The van der Waals surface area contributed by atoms with Crippen molar-refractivity contribution in [1.82, 2.24) is 4.90 Å². The summed E-state index contributed by atoms with van der Waals surface area (Å²) in [4.78, 5) is 3.90. The van der Waals surface area contributed by atoms with Crippen LogP contribution in [0.2, 0.25) is 0 Å². The van der Waals surface area contributed by atoms with Crippen molar-refractivity contribution in [1.29, 1.82) is 5.26 Å². The van der Waals surface area contributed by atoms with Crippen LogP contribution in [-0.2, 0) is 11.3 Å². The van der Waals surface area contributed by atoms with E-state index in [0.717, 1.165) is 32.0 Å². The molecule has 2 fully saturated rings. The molecule has 0 amide bonds. The Labute approximate surface area is 146 Å². The highest BCUT2D eigenvalue weighted by Gasteiger charge is 2.43. The van der Waals surface area contributed by atoms with Crippen molar-refractivity contribution in [3.63, 3.8) is 0 Å². The second-order valence-electron chi connectivity index (χ2n) is 6.52. The number of benzene rings is 1. The van der Waals surface area contributed by atoms with Crippen LogP contribution in [0.1, 0.15) is 10.4 Å². The van der Waals surface area contributed by atoms with Gasteiger partial charge in [0.15, 0.2) is 0 Å². The molecule has 0 aliphatic carbocycles. The maximum Gasteiger partial charge on any atom is 0.120 e. The van der Waals surface area contributed by atoms with Crippen LogP contribution in [0.4, 0.5) is 0 Å². The summed E-state index contributed by atoms with van der Waals surface area (Å²) in [6.45, 7) is 4.55. The van der Waals surface area contributed by atoms with E-state index in [-0.39, 0.29) is 0 Å². The molecule has 1 aromatic heterocycles. The minimum absolute atomic E-state index is 0.337. The van der Waals surface area contributed by atoms with E-state index in [2.05, 4.69) is 28.5 Å². The van der Waals surface area contributed by atoms with Gasteiger partial charge in [-0.3, -0.25) is 4.90 Å². The quantitative estimate of drug-likeness (QED) is 0.839. The first-order valence-electron chi connectivity index (χ1n) is 8.31. The van der Waals surface area contributed by atoms with Crippen LogP contribution in [0.25, 0.3) is 0 Å². The molecule has 2 aliphatic rings. The summed E-state index contributed by atoms with van der Waals surface area (Å²) in [5, 5.41) is 11.1. The zero-order valence-electron chi connectivity index (χ0n) is 13.4. The summed E-state index contributed by atoms with van der Waals surface area (Å²) in [5.41, 5.74) is 0.635. The SMILES string of the molecule is N#Cc1cccc(OC[C@H]2CO[C@@H]3CN(Cc4cccs4)C[C@H]23)c1. The molecule has 0 spiro atoms. The Morgan fingerprint density at radius 2 is 2.25 bits per heavy atom. The van der Waals surface area contributed by atoms with Gasteiger partial charge in [0, 0.05) is 36.3 Å². The van der Waals surface area contributed by atoms with E-state index in [0.29, 0.717) is 30.1 Å². The van der Waals surface area contributed by atoms with Crippen molar-refractivity contribution in [2.45, 2.75) is 12.6 Å². The van der Waals surface area contributed by atoms with Gasteiger partial charge >= 0.3 is 0 Å². The van der Waals surface area contributed by atoms with Crippen LogP contribution < -0.4 is 4.74 Å². The Bertz CT molecular complexity index is 725. The second kappa shape index (κ2) is 6.94. The highest BCUT2D eigenvalue weighted by molar-refractivity contribution is 7.09. The maximum absolute atomic E-state index is 8.97. The number of ether oxygens (including phenoxy) is 2. The fraction of sp³-hybridized carbons (Fsp3) is 0.421. The first kappa shape index (κ1) is 15.6. The van der Waals surface area contributed by atoms with Crippen molar-refractivity contribution in [2.24, 2.45) is 11.8 Å². The molecule has 0 unspecified atom stereocenters. The van der Waals surface area contributed by atoms with Crippen molar-refractivity contribution < 1.29 is 9.47 Å². The van der Waals surface area contributed by atoms with Crippen LogP contribution in [0.5, 0.6) is 5.75 Å². The van der Waals surface area contributed by atoms with Crippen molar-refractivity contribution in [3.8, 4) is 11.8 Å². The summed E-state index contributed by atoms with van der Waals surface area (Å²) >= 11 is 1.82. The number of hydrogen-bond acceptors (Lipinski definition) is 5. The number of nitrogens with zero attached hydrogens (tertiary/aromatic N) is 2. The molecule has 3 atom stereocenters. The van der Waals surface area contributed by atoms with Gasteiger partial charge in [-0.25, -0.2) is 0 Å². The number of likely N-dealkylation sites (tertiary alicyclic amines) is 1. The van der Waals surface area contributed by atoms with Crippen molar-refractivity contribution >= 4 is 11.3 Å². The molecule has 2 aromatic rings.